The monoisotopic (exact) mass is 467 g/mol. The first kappa shape index (κ1) is 23.0. The zero-order valence-electron chi connectivity index (χ0n) is 18.7. The average molecular weight is 468 g/mol. The molecule has 0 bridgehead atoms. The van der Waals surface area contributed by atoms with Crippen molar-refractivity contribution in [2.45, 2.75) is 13.0 Å². The van der Waals surface area contributed by atoms with Crippen molar-refractivity contribution < 1.29 is 9.53 Å². The largest absolute Gasteiger partial charge is 0.457 e. The Hall–Kier alpha value is -4.16. The van der Waals surface area contributed by atoms with Gasteiger partial charge in [0.15, 0.2) is 5.11 Å². The number of carbonyl (C=O) groups excluding carboxylic acids is 1. The van der Waals surface area contributed by atoms with E-state index in [9.17, 15) is 4.79 Å². The normalized spacial score (nSPS) is 11.2. The Balaban J connectivity index is 1.37. The van der Waals surface area contributed by atoms with Crippen LogP contribution in [0.25, 0.3) is 0 Å². The summed E-state index contributed by atoms with van der Waals surface area (Å²) in [6, 6.07) is 34.1. The summed E-state index contributed by atoms with van der Waals surface area (Å²) in [6.45, 7) is 1.96. The standard InChI is InChI=1S/C28H25N3O2S/c1-20(21-10-4-2-5-11-21)29-27(32)25-14-8-9-15-26(25)31-28(34)30-22-16-18-24(19-17-22)33-23-12-6-3-7-13-23/h2-20H,1H3,(H,29,32)(H2,30,31,34)/t20-/m1/s1. The molecule has 0 saturated heterocycles. The van der Waals surface area contributed by atoms with Crippen LogP contribution in [0.2, 0.25) is 0 Å². The topological polar surface area (TPSA) is 62.4 Å². The zero-order valence-corrected chi connectivity index (χ0v) is 19.5. The number of hydrogen-bond donors (Lipinski definition) is 3. The Morgan fingerprint density at radius 1 is 0.735 bits per heavy atom. The summed E-state index contributed by atoms with van der Waals surface area (Å²) < 4.78 is 5.82. The van der Waals surface area contributed by atoms with Crippen molar-refractivity contribution >= 4 is 34.6 Å². The minimum atomic E-state index is -0.176. The third kappa shape index (κ3) is 6.21. The second kappa shape index (κ2) is 11.1. The second-order valence-corrected chi connectivity index (χ2v) is 8.08. The summed E-state index contributed by atoms with van der Waals surface area (Å²) in [5.41, 5.74) is 2.98. The molecule has 3 N–H and O–H groups in total. The highest BCUT2D eigenvalue weighted by atomic mass is 32.1. The van der Waals surface area contributed by atoms with E-state index in [2.05, 4.69) is 16.0 Å². The highest BCUT2D eigenvalue weighted by molar-refractivity contribution is 7.80. The first-order valence-electron chi connectivity index (χ1n) is 10.9. The van der Waals surface area contributed by atoms with Gasteiger partial charge >= 0.3 is 0 Å². The summed E-state index contributed by atoms with van der Waals surface area (Å²) in [6.07, 6.45) is 0. The molecule has 0 aliphatic rings. The van der Waals surface area contributed by atoms with Crippen LogP contribution in [0.4, 0.5) is 11.4 Å². The predicted molar refractivity (Wildman–Crippen MR) is 142 cm³/mol. The van der Waals surface area contributed by atoms with Crippen LogP contribution in [-0.4, -0.2) is 11.0 Å². The van der Waals surface area contributed by atoms with E-state index in [1.54, 1.807) is 6.07 Å². The van der Waals surface area contributed by atoms with Crippen LogP contribution >= 0.6 is 12.2 Å². The Morgan fingerprint density at radius 2 is 1.32 bits per heavy atom. The van der Waals surface area contributed by atoms with Gasteiger partial charge in [-0.3, -0.25) is 4.79 Å². The number of rotatable bonds is 7. The van der Waals surface area contributed by atoms with Gasteiger partial charge in [0.2, 0.25) is 0 Å². The molecule has 0 aliphatic carbocycles. The van der Waals surface area contributed by atoms with Crippen LogP contribution in [0, 0.1) is 0 Å². The lowest BCUT2D eigenvalue weighted by Gasteiger charge is -2.17. The van der Waals surface area contributed by atoms with Gasteiger partial charge in [0.1, 0.15) is 11.5 Å². The molecule has 1 amide bonds. The van der Waals surface area contributed by atoms with E-state index in [1.807, 2.05) is 110 Å². The van der Waals surface area contributed by atoms with Crippen molar-refractivity contribution in [3.8, 4) is 11.5 Å². The van der Waals surface area contributed by atoms with E-state index < -0.39 is 0 Å². The molecule has 6 heteroatoms. The number of thiocarbonyl (C=S) groups is 1. The number of para-hydroxylation sites is 2. The van der Waals surface area contributed by atoms with Crippen LogP contribution in [0.1, 0.15) is 28.9 Å². The summed E-state index contributed by atoms with van der Waals surface area (Å²) in [5.74, 6) is 1.33. The highest BCUT2D eigenvalue weighted by Gasteiger charge is 2.15. The van der Waals surface area contributed by atoms with Crippen LogP contribution in [0.15, 0.2) is 109 Å². The molecule has 0 unspecified atom stereocenters. The van der Waals surface area contributed by atoms with Crippen molar-refractivity contribution in [1.82, 2.24) is 5.32 Å². The van der Waals surface area contributed by atoms with Gasteiger partial charge in [0, 0.05) is 5.69 Å². The number of amides is 1. The molecular formula is C28H25N3O2S. The first-order valence-corrected chi connectivity index (χ1v) is 11.3. The van der Waals surface area contributed by atoms with Crippen molar-refractivity contribution in [2.75, 3.05) is 10.6 Å². The van der Waals surface area contributed by atoms with Gasteiger partial charge in [0.05, 0.1) is 17.3 Å². The van der Waals surface area contributed by atoms with Crippen LogP contribution in [0.5, 0.6) is 11.5 Å². The third-order valence-corrected chi connectivity index (χ3v) is 5.36. The van der Waals surface area contributed by atoms with Crippen molar-refractivity contribution in [1.29, 1.82) is 0 Å². The SMILES string of the molecule is C[C@@H](NC(=O)c1ccccc1NC(=S)Nc1ccc(Oc2ccccc2)cc1)c1ccccc1. The lowest BCUT2D eigenvalue weighted by molar-refractivity contribution is 0.0940. The van der Waals surface area contributed by atoms with Gasteiger partial charge in [-0.25, -0.2) is 0 Å². The smallest absolute Gasteiger partial charge is 0.253 e. The molecule has 170 valence electrons. The second-order valence-electron chi connectivity index (χ2n) is 7.67. The molecule has 0 saturated carbocycles. The molecule has 4 rings (SSSR count). The molecule has 0 spiro atoms. The molecule has 0 fully saturated rings. The highest BCUT2D eigenvalue weighted by Crippen LogP contribution is 2.23. The van der Waals surface area contributed by atoms with E-state index in [4.69, 9.17) is 17.0 Å². The number of hydrogen-bond acceptors (Lipinski definition) is 3. The van der Waals surface area contributed by atoms with Crippen molar-refractivity contribution in [2.24, 2.45) is 0 Å². The summed E-state index contributed by atoms with van der Waals surface area (Å²) in [7, 11) is 0. The number of nitrogens with one attached hydrogen (secondary N) is 3. The molecule has 1 atom stereocenters. The summed E-state index contributed by atoms with van der Waals surface area (Å²) in [4.78, 5) is 12.9. The average Bonchev–Trinajstić information content (AvgIpc) is 2.86. The number of benzene rings is 4. The van der Waals surface area contributed by atoms with Gasteiger partial charge in [0.25, 0.3) is 5.91 Å². The summed E-state index contributed by atoms with van der Waals surface area (Å²) in [5, 5.41) is 9.71. The fourth-order valence-electron chi connectivity index (χ4n) is 3.41. The van der Waals surface area contributed by atoms with E-state index >= 15 is 0 Å². The van der Waals surface area contributed by atoms with Crippen molar-refractivity contribution in [3.63, 3.8) is 0 Å². The lowest BCUT2D eigenvalue weighted by atomic mass is 10.1. The number of carbonyl (C=O) groups is 1. The van der Waals surface area contributed by atoms with E-state index in [-0.39, 0.29) is 11.9 Å². The molecular weight excluding hydrogens is 442 g/mol. The Labute approximate surface area is 204 Å². The zero-order chi connectivity index (χ0) is 23.8. The predicted octanol–water partition coefficient (Wildman–Crippen LogP) is 6.78. The van der Waals surface area contributed by atoms with Gasteiger partial charge < -0.3 is 20.7 Å². The maximum atomic E-state index is 12.9. The third-order valence-electron chi connectivity index (χ3n) is 5.16. The fourth-order valence-corrected chi connectivity index (χ4v) is 3.63. The Bertz CT molecular complexity index is 1250. The van der Waals surface area contributed by atoms with Crippen LogP contribution < -0.4 is 20.7 Å². The lowest BCUT2D eigenvalue weighted by Crippen LogP contribution is -2.28. The summed E-state index contributed by atoms with van der Waals surface area (Å²) >= 11 is 5.48. The maximum Gasteiger partial charge on any atom is 0.253 e. The quantitative estimate of drug-likeness (QED) is 0.262. The molecule has 0 aromatic heterocycles. The molecule has 4 aromatic rings. The maximum absolute atomic E-state index is 12.9. The minimum Gasteiger partial charge on any atom is -0.457 e. The Kier molecular flexibility index (Phi) is 7.53. The molecule has 0 heterocycles. The van der Waals surface area contributed by atoms with Gasteiger partial charge in [-0.2, -0.15) is 0 Å². The number of anilines is 2. The fraction of sp³-hybridized carbons (Fsp3) is 0.0714. The molecule has 0 aliphatic heterocycles. The Morgan fingerprint density at radius 3 is 2.03 bits per heavy atom. The van der Waals surface area contributed by atoms with E-state index in [1.165, 1.54) is 0 Å². The van der Waals surface area contributed by atoms with Gasteiger partial charge in [-0.05, 0) is 73.2 Å². The van der Waals surface area contributed by atoms with E-state index in [0.717, 1.165) is 22.7 Å². The van der Waals surface area contributed by atoms with Crippen LogP contribution in [0.3, 0.4) is 0 Å². The van der Waals surface area contributed by atoms with E-state index in [0.29, 0.717) is 16.4 Å². The molecule has 0 radical (unpaired) electrons. The molecule has 4 aromatic carbocycles. The minimum absolute atomic E-state index is 0.122. The molecule has 34 heavy (non-hydrogen) atoms. The van der Waals surface area contributed by atoms with Crippen molar-refractivity contribution in [3.05, 3.63) is 120 Å². The van der Waals surface area contributed by atoms with Gasteiger partial charge in [-0.15, -0.1) is 0 Å². The first-order chi connectivity index (χ1) is 16.6. The number of ether oxygens (including phenoxy) is 1. The van der Waals surface area contributed by atoms with Gasteiger partial charge in [-0.1, -0.05) is 60.7 Å². The molecule has 5 nitrogen and oxygen atoms in total. The van der Waals surface area contributed by atoms with Crippen LogP contribution in [-0.2, 0) is 0 Å².